The average Bonchev–Trinajstić information content (AvgIpc) is 3.23. The van der Waals surface area contributed by atoms with Crippen LogP contribution in [0.5, 0.6) is 0 Å². The topological polar surface area (TPSA) is 18.5 Å². The van der Waals surface area contributed by atoms with Gasteiger partial charge < -0.3 is 9.16 Å². The Morgan fingerprint density at radius 3 is 1.84 bits per heavy atom. The zero-order valence-electron chi connectivity index (χ0n) is 18.7. The smallest absolute Gasteiger partial charge is 0.261 e. The second-order valence-electron chi connectivity index (χ2n) is 9.17. The van der Waals surface area contributed by atoms with Crippen molar-refractivity contribution in [1.82, 2.24) is 0 Å². The second kappa shape index (κ2) is 9.74. The predicted octanol–water partition coefficient (Wildman–Crippen LogP) is 5.86. The molecule has 0 saturated carbocycles. The third-order valence-electron chi connectivity index (χ3n) is 5.98. The lowest BCUT2D eigenvalue weighted by molar-refractivity contribution is 0.0512. The summed E-state index contributed by atoms with van der Waals surface area (Å²) in [7, 11) is -2.50. The largest absolute Gasteiger partial charge is 0.405 e. The number of ether oxygens (including phenoxy) is 1. The van der Waals surface area contributed by atoms with Crippen molar-refractivity contribution in [2.75, 3.05) is 6.61 Å². The van der Waals surface area contributed by atoms with Crippen molar-refractivity contribution in [1.29, 1.82) is 0 Å². The van der Waals surface area contributed by atoms with Crippen molar-refractivity contribution >= 4 is 30.5 Å². The highest BCUT2D eigenvalue weighted by molar-refractivity contribution is 7.99. The van der Waals surface area contributed by atoms with E-state index in [0.717, 1.165) is 12.8 Å². The lowest BCUT2D eigenvalue weighted by atomic mass is 10.2. The van der Waals surface area contributed by atoms with Crippen molar-refractivity contribution in [3.05, 3.63) is 91.0 Å². The molecule has 0 amide bonds. The summed E-state index contributed by atoms with van der Waals surface area (Å²) < 4.78 is 13.5. The molecule has 0 spiro atoms. The Morgan fingerprint density at radius 1 is 0.806 bits per heavy atom. The van der Waals surface area contributed by atoms with Gasteiger partial charge in [-0.05, 0) is 40.4 Å². The van der Waals surface area contributed by atoms with Crippen LogP contribution in [0.4, 0.5) is 0 Å². The van der Waals surface area contributed by atoms with Crippen molar-refractivity contribution in [2.24, 2.45) is 0 Å². The minimum absolute atomic E-state index is 0.00744. The summed E-state index contributed by atoms with van der Waals surface area (Å²) in [6.45, 7) is 7.60. The van der Waals surface area contributed by atoms with E-state index in [1.807, 2.05) is 11.8 Å². The van der Waals surface area contributed by atoms with Gasteiger partial charge in [0.15, 0.2) is 0 Å². The van der Waals surface area contributed by atoms with Crippen LogP contribution in [0.2, 0.25) is 5.04 Å². The van der Waals surface area contributed by atoms with E-state index in [-0.39, 0.29) is 16.6 Å². The molecule has 2 nitrogen and oxygen atoms in total. The number of thioether (sulfide) groups is 1. The molecule has 4 rings (SSSR count). The van der Waals surface area contributed by atoms with Gasteiger partial charge >= 0.3 is 0 Å². The van der Waals surface area contributed by atoms with Gasteiger partial charge in [-0.1, -0.05) is 111 Å². The summed E-state index contributed by atoms with van der Waals surface area (Å²) in [5.41, 5.74) is 0.204. The summed E-state index contributed by atoms with van der Waals surface area (Å²) in [4.78, 5) is 1.26. The fraction of sp³-hybridized carbons (Fsp3) is 0.333. The third-order valence-corrected chi connectivity index (χ3v) is 12.1. The molecule has 0 aromatic heterocycles. The van der Waals surface area contributed by atoms with Gasteiger partial charge in [0.2, 0.25) is 0 Å². The van der Waals surface area contributed by atoms with Gasteiger partial charge in [0.1, 0.15) is 5.44 Å². The molecular weight excluding hydrogens is 416 g/mol. The summed E-state index contributed by atoms with van der Waals surface area (Å²) in [6.07, 6.45) is 2.25. The Kier molecular flexibility index (Phi) is 7.02. The molecule has 31 heavy (non-hydrogen) atoms. The van der Waals surface area contributed by atoms with E-state index in [2.05, 4.69) is 112 Å². The summed E-state index contributed by atoms with van der Waals surface area (Å²) >= 11 is 1.82. The van der Waals surface area contributed by atoms with Crippen LogP contribution in [0, 0.1) is 0 Å². The van der Waals surface area contributed by atoms with E-state index in [1.54, 1.807) is 0 Å². The Hall–Kier alpha value is -1.85. The first-order valence-corrected chi connectivity index (χ1v) is 13.9. The Morgan fingerprint density at radius 2 is 1.32 bits per heavy atom. The SMILES string of the molecule is CC(C)(C)[Si](OC[C@H]1CC[C@@H](Sc2ccccc2)O1)(c1ccccc1)c1ccccc1. The van der Waals surface area contributed by atoms with Crippen molar-refractivity contribution in [2.45, 2.75) is 55.1 Å². The minimum Gasteiger partial charge on any atom is -0.405 e. The van der Waals surface area contributed by atoms with E-state index in [4.69, 9.17) is 9.16 Å². The molecule has 0 aliphatic carbocycles. The van der Waals surface area contributed by atoms with Crippen LogP contribution in [0.15, 0.2) is 95.9 Å². The van der Waals surface area contributed by atoms with Gasteiger partial charge in [0.25, 0.3) is 8.32 Å². The molecule has 0 unspecified atom stereocenters. The molecule has 0 N–H and O–H groups in total. The Labute approximate surface area is 192 Å². The highest BCUT2D eigenvalue weighted by atomic mass is 32.2. The van der Waals surface area contributed by atoms with Gasteiger partial charge in [-0.3, -0.25) is 0 Å². The molecule has 0 bridgehead atoms. The predicted molar refractivity (Wildman–Crippen MR) is 134 cm³/mol. The molecule has 2 atom stereocenters. The first-order valence-electron chi connectivity index (χ1n) is 11.1. The number of benzene rings is 3. The molecule has 1 saturated heterocycles. The van der Waals surface area contributed by atoms with Gasteiger partial charge in [0.05, 0.1) is 12.7 Å². The molecule has 3 aromatic rings. The average molecular weight is 449 g/mol. The van der Waals surface area contributed by atoms with Crippen LogP contribution in [-0.4, -0.2) is 26.5 Å². The lowest BCUT2D eigenvalue weighted by Gasteiger charge is -2.43. The van der Waals surface area contributed by atoms with Crippen LogP contribution >= 0.6 is 11.8 Å². The summed E-state index contributed by atoms with van der Waals surface area (Å²) in [6, 6.07) is 32.2. The normalized spacial score (nSPS) is 19.5. The fourth-order valence-electron chi connectivity index (χ4n) is 4.51. The molecule has 4 heteroatoms. The van der Waals surface area contributed by atoms with E-state index in [0.29, 0.717) is 6.61 Å². The molecule has 3 aromatic carbocycles. The van der Waals surface area contributed by atoms with Crippen LogP contribution < -0.4 is 10.4 Å². The van der Waals surface area contributed by atoms with Crippen LogP contribution in [0.3, 0.4) is 0 Å². The first-order chi connectivity index (χ1) is 15.0. The summed E-state index contributed by atoms with van der Waals surface area (Å²) in [5, 5.41) is 2.63. The minimum atomic E-state index is -2.50. The van der Waals surface area contributed by atoms with Crippen LogP contribution in [0.25, 0.3) is 0 Å². The maximum atomic E-state index is 7.05. The van der Waals surface area contributed by atoms with Crippen molar-refractivity contribution < 1.29 is 9.16 Å². The van der Waals surface area contributed by atoms with Crippen LogP contribution in [-0.2, 0) is 9.16 Å². The molecule has 0 radical (unpaired) electrons. The highest BCUT2D eigenvalue weighted by Crippen LogP contribution is 2.38. The van der Waals surface area contributed by atoms with Crippen molar-refractivity contribution in [3.63, 3.8) is 0 Å². The lowest BCUT2D eigenvalue weighted by Crippen LogP contribution is -2.67. The Balaban J connectivity index is 1.55. The monoisotopic (exact) mass is 448 g/mol. The van der Waals surface area contributed by atoms with Gasteiger partial charge in [-0.2, -0.15) is 0 Å². The van der Waals surface area contributed by atoms with Crippen LogP contribution in [0.1, 0.15) is 33.6 Å². The molecule has 1 aliphatic heterocycles. The van der Waals surface area contributed by atoms with Gasteiger partial charge in [0, 0.05) is 4.90 Å². The molecular formula is C27H32O2SSi. The quantitative estimate of drug-likeness (QED) is 0.422. The second-order valence-corrected chi connectivity index (χ2v) is 14.7. The maximum absolute atomic E-state index is 7.05. The number of rotatable bonds is 7. The van der Waals surface area contributed by atoms with Crippen molar-refractivity contribution in [3.8, 4) is 0 Å². The molecule has 1 aliphatic rings. The molecule has 1 fully saturated rings. The molecule has 1 heterocycles. The summed E-state index contributed by atoms with van der Waals surface area (Å²) in [5.74, 6) is 0. The Bertz CT molecular complexity index is 902. The molecule has 162 valence electrons. The van der Waals surface area contributed by atoms with E-state index < -0.39 is 8.32 Å². The number of hydrogen-bond donors (Lipinski definition) is 0. The maximum Gasteiger partial charge on any atom is 0.261 e. The van der Waals surface area contributed by atoms with Gasteiger partial charge in [-0.25, -0.2) is 0 Å². The van der Waals surface area contributed by atoms with Gasteiger partial charge in [-0.15, -0.1) is 0 Å². The highest BCUT2D eigenvalue weighted by Gasteiger charge is 2.50. The standard InChI is InChI=1S/C27H32O2SSi/c1-27(2,3)31(24-15-9-5-10-16-24,25-17-11-6-12-18-25)28-21-22-19-20-26(29-22)30-23-13-7-4-8-14-23/h4-18,22,26H,19-21H2,1-3H3/t22-,26-/m1/s1. The number of hydrogen-bond acceptors (Lipinski definition) is 3. The van der Waals surface area contributed by atoms with E-state index in [9.17, 15) is 0 Å². The first kappa shape index (κ1) is 22.3. The zero-order valence-corrected chi connectivity index (χ0v) is 20.5. The van der Waals surface area contributed by atoms with E-state index >= 15 is 0 Å². The third kappa shape index (κ3) is 4.98. The fourth-order valence-corrected chi connectivity index (χ4v) is 10.2. The van der Waals surface area contributed by atoms with E-state index in [1.165, 1.54) is 15.3 Å². The zero-order chi connectivity index (χ0) is 21.7.